The van der Waals surface area contributed by atoms with Crippen molar-refractivity contribution >= 4 is 15.8 Å². The zero-order valence-corrected chi connectivity index (χ0v) is 8.62. The molecule has 3 N–H and O–H groups in total. The molecule has 0 aromatic carbocycles. The molecule has 0 spiro atoms. The molecule has 0 radical (unpaired) electrons. The SMILES string of the molecule is O=c1ccc(NS(=O)(=O)CCCO)n[nH]1. The maximum atomic E-state index is 11.3. The summed E-state index contributed by atoms with van der Waals surface area (Å²) in [6.45, 7) is -0.194. The number of sulfonamides is 1. The van der Waals surface area contributed by atoms with Gasteiger partial charge in [0.1, 0.15) is 0 Å². The van der Waals surface area contributed by atoms with E-state index in [1.807, 2.05) is 0 Å². The van der Waals surface area contributed by atoms with E-state index in [1.54, 1.807) is 0 Å². The van der Waals surface area contributed by atoms with Crippen molar-refractivity contribution < 1.29 is 13.5 Å². The minimum Gasteiger partial charge on any atom is -0.396 e. The number of aromatic amines is 1. The van der Waals surface area contributed by atoms with E-state index in [4.69, 9.17) is 5.11 Å². The highest BCUT2D eigenvalue weighted by atomic mass is 32.2. The van der Waals surface area contributed by atoms with Crippen molar-refractivity contribution in [1.82, 2.24) is 10.2 Å². The highest BCUT2D eigenvalue weighted by Crippen LogP contribution is 2.01. The molecule has 15 heavy (non-hydrogen) atoms. The first-order chi connectivity index (χ1) is 7.03. The lowest BCUT2D eigenvalue weighted by Gasteiger charge is -2.04. The Hall–Kier alpha value is -1.41. The van der Waals surface area contributed by atoms with Crippen molar-refractivity contribution in [3.63, 3.8) is 0 Å². The number of rotatable bonds is 5. The molecule has 0 atom stereocenters. The number of aromatic nitrogens is 2. The van der Waals surface area contributed by atoms with E-state index in [0.29, 0.717) is 0 Å². The highest BCUT2D eigenvalue weighted by Gasteiger charge is 2.10. The molecule has 0 saturated carbocycles. The highest BCUT2D eigenvalue weighted by molar-refractivity contribution is 7.92. The smallest absolute Gasteiger partial charge is 0.264 e. The van der Waals surface area contributed by atoms with Crippen LogP contribution in [-0.4, -0.2) is 36.1 Å². The van der Waals surface area contributed by atoms with E-state index < -0.39 is 15.6 Å². The number of aliphatic hydroxyl groups excluding tert-OH is 1. The van der Waals surface area contributed by atoms with E-state index >= 15 is 0 Å². The van der Waals surface area contributed by atoms with Gasteiger partial charge in [0, 0.05) is 12.7 Å². The van der Waals surface area contributed by atoms with E-state index in [1.165, 1.54) is 6.07 Å². The molecule has 1 aromatic heterocycles. The fourth-order valence-electron chi connectivity index (χ4n) is 0.866. The fraction of sp³-hybridized carbons (Fsp3) is 0.429. The molecule has 84 valence electrons. The van der Waals surface area contributed by atoms with Crippen LogP contribution in [0.3, 0.4) is 0 Å². The van der Waals surface area contributed by atoms with Gasteiger partial charge in [0.15, 0.2) is 5.82 Å². The van der Waals surface area contributed by atoms with Gasteiger partial charge in [-0.1, -0.05) is 0 Å². The van der Waals surface area contributed by atoms with Crippen molar-refractivity contribution in [2.45, 2.75) is 6.42 Å². The van der Waals surface area contributed by atoms with Crippen LogP contribution in [0.4, 0.5) is 5.82 Å². The summed E-state index contributed by atoms with van der Waals surface area (Å²) in [4.78, 5) is 10.6. The first-order valence-corrected chi connectivity index (χ1v) is 5.86. The molecule has 0 bridgehead atoms. The first-order valence-electron chi connectivity index (χ1n) is 4.20. The average Bonchev–Trinajstić information content (AvgIpc) is 2.18. The normalized spacial score (nSPS) is 11.3. The van der Waals surface area contributed by atoms with Gasteiger partial charge in [0.2, 0.25) is 10.0 Å². The third kappa shape index (κ3) is 4.09. The number of nitrogens with one attached hydrogen (secondary N) is 2. The Morgan fingerprint density at radius 3 is 2.73 bits per heavy atom. The monoisotopic (exact) mass is 233 g/mol. The van der Waals surface area contributed by atoms with Crippen molar-refractivity contribution in [3.05, 3.63) is 22.5 Å². The number of hydrogen-bond donors (Lipinski definition) is 3. The molecule has 8 heteroatoms. The van der Waals surface area contributed by atoms with Gasteiger partial charge in [-0.2, -0.15) is 5.10 Å². The quantitative estimate of drug-likeness (QED) is 0.597. The van der Waals surface area contributed by atoms with Crippen LogP contribution in [0, 0.1) is 0 Å². The van der Waals surface area contributed by atoms with Gasteiger partial charge in [-0.3, -0.25) is 9.52 Å². The summed E-state index contributed by atoms with van der Waals surface area (Å²) in [7, 11) is -3.50. The molecule has 0 aliphatic heterocycles. The summed E-state index contributed by atoms with van der Waals surface area (Å²) >= 11 is 0. The summed E-state index contributed by atoms with van der Waals surface area (Å²) in [6.07, 6.45) is 0.151. The van der Waals surface area contributed by atoms with Crippen molar-refractivity contribution in [2.75, 3.05) is 17.1 Å². The summed E-state index contributed by atoms with van der Waals surface area (Å²) < 4.78 is 24.7. The molecular formula is C7H11N3O4S. The van der Waals surface area contributed by atoms with Crippen LogP contribution in [0.5, 0.6) is 0 Å². The van der Waals surface area contributed by atoms with Crippen LogP contribution in [0.1, 0.15) is 6.42 Å². The molecule has 0 unspecified atom stereocenters. The fourth-order valence-corrected chi connectivity index (χ4v) is 1.91. The molecule has 0 amide bonds. The predicted octanol–water partition coefficient (Wildman–Crippen LogP) is -1.11. The van der Waals surface area contributed by atoms with Gasteiger partial charge >= 0.3 is 0 Å². The van der Waals surface area contributed by atoms with Crippen molar-refractivity contribution in [2.24, 2.45) is 0 Å². The second-order valence-electron chi connectivity index (χ2n) is 2.80. The van der Waals surface area contributed by atoms with E-state index in [9.17, 15) is 13.2 Å². The maximum Gasteiger partial charge on any atom is 0.264 e. The number of aliphatic hydroxyl groups is 1. The lowest BCUT2D eigenvalue weighted by Crippen LogP contribution is -2.19. The van der Waals surface area contributed by atoms with Crippen LogP contribution >= 0.6 is 0 Å². The molecule has 1 heterocycles. The van der Waals surface area contributed by atoms with Gasteiger partial charge in [-0.25, -0.2) is 13.5 Å². The molecule has 0 aliphatic carbocycles. The number of nitrogens with zero attached hydrogens (tertiary/aromatic N) is 1. The Balaban J connectivity index is 2.69. The molecule has 0 fully saturated rings. The number of H-pyrrole nitrogens is 1. The lowest BCUT2D eigenvalue weighted by atomic mass is 10.5. The second kappa shape index (κ2) is 4.89. The van der Waals surface area contributed by atoms with Gasteiger partial charge in [-0.05, 0) is 12.5 Å². The predicted molar refractivity (Wildman–Crippen MR) is 54.0 cm³/mol. The summed E-state index contributed by atoms with van der Waals surface area (Å²) in [6, 6.07) is 2.42. The molecule has 1 aromatic rings. The van der Waals surface area contributed by atoms with E-state index in [2.05, 4.69) is 14.9 Å². The Morgan fingerprint density at radius 2 is 2.20 bits per heavy atom. The van der Waals surface area contributed by atoms with Gasteiger partial charge in [0.05, 0.1) is 5.75 Å². The minimum absolute atomic E-state index is 0.0486. The van der Waals surface area contributed by atoms with E-state index in [0.717, 1.165) is 6.07 Å². The van der Waals surface area contributed by atoms with Crippen LogP contribution < -0.4 is 10.3 Å². The van der Waals surface area contributed by atoms with Crippen LogP contribution in [0.2, 0.25) is 0 Å². The molecule has 1 rings (SSSR count). The third-order valence-corrected chi connectivity index (χ3v) is 2.86. The van der Waals surface area contributed by atoms with Crippen molar-refractivity contribution in [1.29, 1.82) is 0 Å². The van der Waals surface area contributed by atoms with Gasteiger partial charge in [0.25, 0.3) is 5.56 Å². The minimum atomic E-state index is -3.50. The molecule has 7 nitrogen and oxygen atoms in total. The second-order valence-corrected chi connectivity index (χ2v) is 4.65. The number of anilines is 1. The lowest BCUT2D eigenvalue weighted by molar-refractivity contribution is 0.295. The van der Waals surface area contributed by atoms with E-state index in [-0.39, 0.29) is 24.6 Å². The summed E-state index contributed by atoms with van der Waals surface area (Å²) in [5.74, 6) is -0.142. The zero-order valence-electron chi connectivity index (χ0n) is 7.80. The van der Waals surface area contributed by atoms with Gasteiger partial charge in [-0.15, -0.1) is 0 Å². The van der Waals surface area contributed by atoms with Crippen LogP contribution in [0.25, 0.3) is 0 Å². The Labute approximate surface area is 86.2 Å². The standard InChI is InChI=1S/C7H11N3O4S/c11-4-1-5-15(13,14)10-6-2-3-7(12)9-8-6/h2-3,11H,1,4-5H2,(H,8,10)(H,9,12). The Morgan fingerprint density at radius 1 is 1.47 bits per heavy atom. The Bertz CT molecular complexity index is 447. The van der Waals surface area contributed by atoms with Crippen LogP contribution in [-0.2, 0) is 10.0 Å². The molecule has 0 aliphatic rings. The Kier molecular flexibility index (Phi) is 3.81. The van der Waals surface area contributed by atoms with Gasteiger partial charge < -0.3 is 5.11 Å². The number of hydrogen-bond acceptors (Lipinski definition) is 5. The maximum absolute atomic E-state index is 11.3. The molecule has 0 saturated heterocycles. The third-order valence-electron chi connectivity index (χ3n) is 1.51. The first kappa shape index (κ1) is 11.7. The summed E-state index contributed by atoms with van der Waals surface area (Å²) in [5.41, 5.74) is -0.409. The molecular weight excluding hydrogens is 222 g/mol. The largest absolute Gasteiger partial charge is 0.396 e. The summed E-state index contributed by atoms with van der Waals surface area (Å²) in [5, 5.41) is 14.1. The average molecular weight is 233 g/mol. The topological polar surface area (TPSA) is 112 Å². The van der Waals surface area contributed by atoms with Crippen LogP contribution in [0.15, 0.2) is 16.9 Å². The zero-order chi connectivity index (χ0) is 11.3. The van der Waals surface area contributed by atoms with Crippen molar-refractivity contribution in [3.8, 4) is 0 Å².